The highest BCUT2D eigenvalue weighted by atomic mass is 35.5. The molecular weight excluding hydrogens is 238 g/mol. The van der Waals surface area contributed by atoms with Crippen molar-refractivity contribution in [2.75, 3.05) is 5.32 Å². The average Bonchev–Trinajstić information content (AvgIpc) is 2.78. The van der Waals surface area contributed by atoms with E-state index in [2.05, 4.69) is 10.4 Å². The molecule has 5 heteroatoms. The molecule has 0 fully saturated rings. The predicted octanol–water partition coefficient (Wildman–Crippen LogP) is 2.44. The first-order valence-electron chi connectivity index (χ1n) is 5.23. The van der Waals surface area contributed by atoms with Gasteiger partial charge in [-0.3, -0.25) is 4.79 Å². The lowest BCUT2D eigenvalue weighted by molar-refractivity contribution is -0.115. The van der Waals surface area contributed by atoms with Gasteiger partial charge in [-0.2, -0.15) is 5.10 Å². The van der Waals surface area contributed by atoms with Gasteiger partial charge in [0.1, 0.15) is 5.38 Å². The standard InChI is InChI=1S/C12H12ClN3O/c1-9(13)12(17)14-11-7-8-16(15-11)10-5-3-2-4-6-10/h2-9H,1H3,(H,14,15,17). The maximum Gasteiger partial charge on any atom is 0.243 e. The molecule has 1 aromatic carbocycles. The fraction of sp³-hybridized carbons (Fsp3) is 0.167. The normalized spacial score (nSPS) is 12.1. The van der Waals surface area contributed by atoms with Gasteiger partial charge in [-0.1, -0.05) is 18.2 Å². The molecule has 0 saturated heterocycles. The molecule has 88 valence electrons. The van der Waals surface area contributed by atoms with Gasteiger partial charge in [0.2, 0.25) is 5.91 Å². The molecule has 4 nitrogen and oxygen atoms in total. The maximum atomic E-state index is 11.4. The summed E-state index contributed by atoms with van der Waals surface area (Å²) in [5.41, 5.74) is 0.937. The SMILES string of the molecule is CC(Cl)C(=O)Nc1ccn(-c2ccccc2)n1. The van der Waals surface area contributed by atoms with Crippen molar-refractivity contribution in [1.29, 1.82) is 0 Å². The van der Waals surface area contributed by atoms with Crippen LogP contribution in [0.4, 0.5) is 5.82 Å². The van der Waals surface area contributed by atoms with Crippen molar-refractivity contribution in [3.8, 4) is 5.69 Å². The van der Waals surface area contributed by atoms with Gasteiger partial charge in [0.05, 0.1) is 5.69 Å². The lowest BCUT2D eigenvalue weighted by Crippen LogP contribution is -2.20. The van der Waals surface area contributed by atoms with Crippen LogP contribution in [0.1, 0.15) is 6.92 Å². The molecular formula is C12H12ClN3O. The number of halogens is 1. The smallest absolute Gasteiger partial charge is 0.243 e. The summed E-state index contributed by atoms with van der Waals surface area (Å²) in [5.74, 6) is 0.233. The van der Waals surface area contributed by atoms with Gasteiger partial charge in [-0.05, 0) is 19.1 Å². The minimum Gasteiger partial charge on any atom is -0.308 e. The summed E-state index contributed by atoms with van der Waals surface area (Å²) in [5, 5.41) is 6.29. The summed E-state index contributed by atoms with van der Waals surface area (Å²) < 4.78 is 1.69. The van der Waals surface area contributed by atoms with Gasteiger partial charge in [-0.15, -0.1) is 11.6 Å². The second-order valence-electron chi connectivity index (χ2n) is 3.59. The van der Waals surface area contributed by atoms with E-state index in [0.29, 0.717) is 5.82 Å². The van der Waals surface area contributed by atoms with E-state index in [0.717, 1.165) is 5.69 Å². The summed E-state index contributed by atoms with van der Waals surface area (Å²) in [6, 6.07) is 11.4. The number of carbonyl (C=O) groups is 1. The Labute approximate surface area is 104 Å². The number of hydrogen-bond acceptors (Lipinski definition) is 2. The Morgan fingerprint density at radius 3 is 2.71 bits per heavy atom. The Morgan fingerprint density at radius 1 is 1.35 bits per heavy atom. The van der Waals surface area contributed by atoms with Gasteiger partial charge in [0.25, 0.3) is 0 Å². The summed E-state index contributed by atoms with van der Waals surface area (Å²) in [7, 11) is 0. The van der Waals surface area contributed by atoms with Gasteiger partial charge in [0, 0.05) is 12.3 Å². The number of nitrogens with zero attached hydrogens (tertiary/aromatic N) is 2. The topological polar surface area (TPSA) is 46.9 Å². The molecule has 2 aromatic rings. The maximum absolute atomic E-state index is 11.4. The highest BCUT2D eigenvalue weighted by Crippen LogP contribution is 2.10. The first-order chi connectivity index (χ1) is 8.16. The number of benzene rings is 1. The third kappa shape index (κ3) is 2.85. The summed E-state index contributed by atoms with van der Waals surface area (Å²) in [6.07, 6.45) is 1.78. The van der Waals surface area contributed by atoms with Crippen molar-refractivity contribution in [2.45, 2.75) is 12.3 Å². The van der Waals surface area contributed by atoms with E-state index < -0.39 is 5.38 Å². The van der Waals surface area contributed by atoms with E-state index in [9.17, 15) is 4.79 Å². The molecule has 1 unspecified atom stereocenters. The van der Waals surface area contributed by atoms with Gasteiger partial charge in [0.15, 0.2) is 5.82 Å². The lowest BCUT2D eigenvalue weighted by atomic mass is 10.3. The van der Waals surface area contributed by atoms with Crippen LogP contribution < -0.4 is 5.32 Å². The molecule has 1 atom stereocenters. The van der Waals surface area contributed by atoms with Crippen LogP contribution in [0.2, 0.25) is 0 Å². The number of nitrogens with one attached hydrogen (secondary N) is 1. The molecule has 17 heavy (non-hydrogen) atoms. The first-order valence-corrected chi connectivity index (χ1v) is 5.66. The van der Waals surface area contributed by atoms with Crippen LogP contribution in [0.15, 0.2) is 42.6 Å². The Kier molecular flexibility index (Phi) is 3.44. The van der Waals surface area contributed by atoms with Crippen LogP contribution in [0.5, 0.6) is 0 Å². The number of carbonyl (C=O) groups excluding carboxylic acids is 1. The second-order valence-corrected chi connectivity index (χ2v) is 4.24. The van der Waals surface area contributed by atoms with Crippen LogP contribution in [0, 0.1) is 0 Å². The number of hydrogen-bond donors (Lipinski definition) is 1. The molecule has 0 bridgehead atoms. The monoisotopic (exact) mass is 249 g/mol. The Morgan fingerprint density at radius 2 is 2.06 bits per heavy atom. The van der Waals surface area contributed by atoms with E-state index in [4.69, 9.17) is 11.6 Å². The zero-order chi connectivity index (χ0) is 12.3. The number of para-hydroxylation sites is 1. The second kappa shape index (κ2) is 5.01. The quantitative estimate of drug-likeness (QED) is 0.850. The van der Waals surface area contributed by atoms with E-state index in [-0.39, 0.29) is 5.91 Å². The summed E-state index contributed by atoms with van der Waals surface area (Å²) in [6.45, 7) is 1.62. The number of alkyl halides is 1. The predicted molar refractivity (Wildman–Crippen MR) is 67.5 cm³/mol. The molecule has 0 spiro atoms. The number of anilines is 1. The molecule has 1 N–H and O–H groups in total. The van der Waals surface area contributed by atoms with Crippen LogP contribution in [0.25, 0.3) is 5.69 Å². The molecule has 1 heterocycles. The molecule has 0 radical (unpaired) electrons. The van der Waals surface area contributed by atoms with Crippen molar-refractivity contribution >= 4 is 23.3 Å². The molecule has 0 saturated carbocycles. The minimum absolute atomic E-state index is 0.259. The van der Waals surface area contributed by atoms with Crippen molar-refractivity contribution < 1.29 is 4.79 Å². The largest absolute Gasteiger partial charge is 0.308 e. The molecule has 1 aromatic heterocycles. The zero-order valence-corrected chi connectivity index (χ0v) is 10.1. The van der Waals surface area contributed by atoms with Gasteiger partial charge in [-0.25, -0.2) is 4.68 Å². The summed E-state index contributed by atoms with van der Waals surface area (Å²) >= 11 is 5.66. The van der Waals surface area contributed by atoms with Gasteiger partial charge < -0.3 is 5.32 Å². The van der Waals surface area contributed by atoms with E-state index >= 15 is 0 Å². The van der Waals surface area contributed by atoms with Crippen LogP contribution in [-0.2, 0) is 4.79 Å². The Bertz CT molecular complexity index is 507. The van der Waals surface area contributed by atoms with Crippen molar-refractivity contribution in [2.24, 2.45) is 0 Å². The van der Waals surface area contributed by atoms with E-state index in [1.165, 1.54) is 0 Å². The number of aromatic nitrogens is 2. The van der Waals surface area contributed by atoms with Crippen molar-refractivity contribution in [3.05, 3.63) is 42.6 Å². The fourth-order valence-corrected chi connectivity index (χ4v) is 1.40. The van der Waals surface area contributed by atoms with Crippen LogP contribution in [-0.4, -0.2) is 21.1 Å². The number of amides is 1. The molecule has 2 rings (SSSR count). The number of rotatable bonds is 3. The fourth-order valence-electron chi connectivity index (χ4n) is 1.34. The molecule has 1 amide bonds. The van der Waals surface area contributed by atoms with Gasteiger partial charge >= 0.3 is 0 Å². The third-order valence-electron chi connectivity index (χ3n) is 2.22. The molecule has 0 aliphatic carbocycles. The van der Waals surface area contributed by atoms with Crippen molar-refractivity contribution in [1.82, 2.24) is 9.78 Å². The molecule has 0 aliphatic rings. The summed E-state index contributed by atoms with van der Waals surface area (Å²) in [4.78, 5) is 11.4. The van der Waals surface area contributed by atoms with E-state index in [1.54, 1.807) is 23.9 Å². The highest BCUT2D eigenvalue weighted by Gasteiger charge is 2.10. The highest BCUT2D eigenvalue weighted by molar-refractivity contribution is 6.32. The van der Waals surface area contributed by atoms with Crippen LogP contribution >= 0.6 is 11.6 Å². The first kappa shape index (κ1) is 11.7. The third-order valence-corrected chi connectivity index (χ3v) is 2.42. The Hall–Kier alpha value is -1.81. The minimum atomic E-state index is -0.572. The zero-order valence-electron chi connectivity index (χ0n) is 9.30. The Balaban J connectivity index is 2.14. The average molecular weight is 250 g/mol. The lowest BCUT2D eigenvalue weighted by Gasteiger charge is -2.03. The van der Waals surface area contributed by atoms with Crippen molar-refractivity contribution in [3.63, 3.8) is 0 Å². The van der Waals surface area contributed by atoms with E-state index in [1.807, 2.05) is 30.3 Å². The molecule has 0 aliphatic heterocycles. The van der Waals surface area contributed by atoms with Crippen LogP contribution in [0.3, 0.4) is 0 Å².